The highest BCUT2D eigenvalue weighted by atomic mass is 16.5. The molecule has 0 spiro atoms. The first-order valence-corrected chi connectivity index (χ1v) is 3.86. The maximum absolute atomic E-state index is 11.1. The number of carbonyl (C=O) groups excluding carboxylic acids is 1. The second-order valence-corrected chi connectivity index (χ2v) is 2.43. The van der Waals surface area contributed by atoms with E-state index < -0.39 is 5.97 Å². The highest BCUT2D eigenvalue weighted by molar-refractivity contribution is 5.89. The van der Waals surface area contributed by atoms with Gasteiger partial charge in [0.05, 0.1) is 12.7 Å². The SMILES string of the molecule is COC(=O)c1cccc(C#CC#N)c1. The summed E-state index contributed by atoms with van der Waals surface area (Å²) >= 11 is 0. The van der Waals surface area contributed by atoms with Gasteiger partial charge in [0.25, 0.3) is 0 Å². The molecule has 0 aliphatic rings. The Labute approximate surface area is 81.9 Å². The molecule has 0 N–H and O–H groups in total. The van der Waals surface area contributed by atoms with Gasteiger partial charge in [-0.1, -0.05) is 12.0 Å². The van der Waals surface area contributed by atoms with Crippen molar-refractivity contribution in [1.82, 2.24) is 0 Å². The van der Waals surface area contributed by atoms with Crippen molar-refractivity contribution in [2.75, 3.05) is 7.11 Å². The Hall–Kier alpha value is -2.26. The minimum atomic E-state index is -0.411. The monoisotopic (exact) mass is 185 g/mol. The third-order valence-corrected chi connectivity index (χ3v) is 1.55. The average molecular weight is 185 g/mol. The van der Waals surface area contributed by atoms with E-state index in [0.29, 0.717) is 11.1 Å². The number of nitriles is 1. The second-order valence-electron chi connectivity index (χ2n) is 2.43. The fourth-order valence-electron chi connectivity index (χ4n) is 0.942. The Kier molecular flexibility index (Phi) is 3.29. The van der Waals surface area contributed by atoms with E-state index in [1.54, 1.807) is 30.3 Å². The molecule has 0 aliphatic heterocycles. The van der Waals surface area contributed by atoms with Gasteiger partial charge in [0.15, 0.2) is 6.07 Å². The largest absolute Gasteiger partial charge is 0.465 e. The van der Waals surface area contributed by atoms with Crippen LogP contribution in [0.2, 0.25) is 0 Å². The molecule has 14 heavy (non-hydrogen) atoms. The molecule has 1 aromatic rings. The molecule has 1 rings (SSSR count). The van der Waals surface area contributed by atoms with Gasteiger partial charge in [-0.2, -0.15) is 5.26 Å². The van der Waals surface area contributed by atoms with Gasteiger partial charge in [0.1, 0.15) is 0 Å². The molecule has 0 amide bonds. The van der Waals surface area contributed by atoms with E-state index in [1.165, 1.54) is 7.11 Å². The third-order valence-electron chi connectivity index (χ3n) is 1.55. The van der Waals surface area contributed by atoms with E-state index in [1.807, 2.05) is 0 Å². The lowest BCUT2D eigenvalue weighted by molar-refractivity contribution is 0.0600. The topological polar surface area (TPSA) is 50.1 Å². The molecule has 68 valence electrons. The van der Waals surface area contributed by atoms with E-state index in [-0.39, 0.29) is 0 Å². The number of hydrogen-bond donors (Lipinski definition) is 0. The van der Waals surface area contributed by atoms with Crippen molar-refractivity contribution < 1.29 is 9.53 Å². The minimum absolute atomic E-state index is 0.411. The van der Waals surface area contributed by atoms with Crippen molar-refractivity contribution in [1.29, 1.82) is 5.26 Å². The number of carbonyl (C=O) groups is 1. The first-order chi connectivity index (χ1) is 6.77. The lowest BCUT2D eigenvalue weighted by Gasteiger charge is -1.98. The summed E-state index contributed by atoms with van der Waals surface area (Å²) in [5.74, 6) is 4.44. The highest BCUT2D eigenvalue weighted by Crippen LogP contribution is 2.05. The first-order valence-electron chi connectivity index (χ1n) is 3.86. The van der Waals surface area contributed by atoms with Gasteiger partial charge in [-0.05, 0) is 18.2 Å². The minimum Gasteiger partial charge on any atom is -0.465 e. The van der Waals surface area contributed by atoms with Crippen molar-refractivity contribution in [2.24, 2.45) is 0 Å². The van der Waals surface area contributed by atoms with Crippen LogP contribution in [0.4, 0.5) is 0 Å². The number of methoxy groups -OCH3 is 1. The van der Waals surface area contributed by atoms with Crippen LogP contribution in [0.3, 0.4) is 0 Å². The zero-order valence-corrected chi connectivity index (χ0v) is 7.57. The van der Waals surface area contributed by atoms with Gasteiger partial charge in [0, 0.05) is 11.5 Å². The molecule has 0 atom stereocenters. The molecule has 0 bridgehead atoms. The summed E-state index contributed by atoms with van der Waals surface area (Å²) < 4.78 is 4.54. The summed E-state index contributed by atoms with van der Waals surface area (Å²) in [5, 5.41) is 8.24. The van der Waals surface area contributed by atoms with Crippen LogP contribution in [-0.2, 0) is 4.74 Å². The van der Waals surface area contributed by atoms with Crippen molar-refractivity contribution in [3.63, 3.8) is 0 Å². The fourth-order valence-corrected chi connectivity index (χ4v) is 0.942. The smallest absolute Gasteiger partial charge is 0.337 e. The van der Waals surface area contributed by atoms with E-state index in [4.69, 9.17) is 5.26 Å². The van der Waals surface area contributed by atoms with Gasteiger partial charge in [-0.15, -0.1) is 0 Å². The molecule has 0 aliphatic carbocycles. The van der Waals surface area contributed by atoms with Crippen LogP contribution in [0.5, 0.6) is 0 Å². The standard InChI is InChI=1S/C11H7NO2/c1-14-11(13)10-6-2-4-9(8-10)5-3-7-12/h2,4,6,8H,1H3. The summed E-state index contributed by atoms with van der Waals surface area (Å²) in [6.45, 7) is 0. The van der Waals surface area contributed by atoms with Crippen LogP contribution >= 0.6 is 0 Å². The quantitative estimate of drug-likeness (QED) is 0.490. The summed E-state index contributed by atoms with van der Waals surface area (Å²) in [4.78, 5) is 11.1. The number of benzene rings is 1. The summed E-state index contributed by atoms with van der Waals surface area (Å²) in [5.41, 5.74) is 1.05. The highest BCUT2D eigenvalue weighted by Gasteiger charge is 2.03. The molecular formula is C11H7NO2. The zero-order chi connectivity index (χ0) is 10.4. The Morgan fingerprint density at radius 3 is 2.93 bits per heavy atom. The zero-order valence-electron chi connectivity index (χ0n) is 7.57. The molecule has 0 radical (unpaired) electrons. The fraction of sp³-hybridized carbons (Fsp3) is 0.0909. The van der Waals surface area contributed by atoms with Crippen molar-refractivity contribution in [3.05, 3.63) is 35.4 Å². The predicted molar refractivity (Wildman–Crippen MR) is 50.3 cm³/mol. The second kappa shape index (κ2) is 4.69. The number of rotatable bonds is 1. The molecule has 3 heteroatoms. The van der Waals surface area contributed by atoms with Gasteiger partial charge < -0.3 is 4.74 Å². The number of ether oxygens (including phenoxy) is 1. The molecule has 0 fully saturated rings. The maximum atomic E-state index is 11.1. The molecule has 0 unspecified atom stereocenters. The Bertz CT molecular complexity index is 446. The van der Waals surface area contributed by atoms with Crippen LogP contribution in [0, 0.1) is 23.2 Å². The third kappa shape index (κ3) is 2.36. The lowest BCUT2D eigenvalue weighted by Crippen LogP contribution is -2.00. The van der Waals surface area contributed by atoms with Crippen molar-refractivity contribution >= 4 is 5.97 Å². The molecule has 0 heterocycles. The predicted octanol–water partition coefficient (Wildman–Crippen LogP) is 1.35. The van der Waals surface area contributed by atoms with E-state index in [2.05, 4.69) is 16.6 Å². The molecule has 1 aromatic carbocycles. The van der Waals surface area contributed by atoms with Crippen LogP contribution in [-0.4, -0.2) is 13.1 Å². The first kappa shape index (κ1) is 9.83. The van der Waals surface area contributed by atoms with Gasteiger partial charge in [-0.3, -0.25) is 0 Å². The summed E-state index contributed by atoms with van der Waals surface area (Å²) in [6.07, 6.45) is 0. The normalized spacial score (nSPS) is 8.00. The number of esters is 1. The van der Waals surface area contributed by atoms with Crippen LogP contribution < -0.4 is 0 Å². The molecular weight excluding hydrogens is 178 g/mol. The summed E-state index contributed by atoms with van der Waals surface area (Å²) in [6, 6.07) is 8.32. The molecule has 3 nitrogen and oxygen atoms in total. The van der Waals surface area contributed by atoms with Crippen molar-refractivity contribution in [2.45, 2.75) is 0 Å². The summed E-state index contributed by atoms with van der Waals surface area (Å²) in [7, 11) is 1.32. The number of hydrogen-bond acceptors (Lipinski definition) is 3. The lowest BCUT2D eigenvalue weighted by atomic mass is 10.1. The Morgan fingerprint density at radius 1 is 1.50 bits per heavy atom. The van der Waals surface area contributed by atoms with Gasteiger partial charge in [0.2, 0.25) is 0 Å². The van der Waals surface area contributed by atoms with Crippen LogP contribution in [0.15, 0.2) is 24.3 Å². The van der Waals surface area contributed by atoms with Gasteiger partial charge >= 0.3 is 5.97 Å². The van der Waals surface area contributed by atoms with E-state index >= 15 is 0 Å². The van der Waals surface area contributed by atoms with E-state index in [9.17, 15) is 4.79 Å². The van der Waals surface area contributed by atoms with Crippen molar-refractivity contribution in [3.8, 4) is 17.9 Å². The Morgan fingerprint density at radius 2 is 2.29 bits per heavy atom. The molecule has 0 aromatic heterocycles. The Balaban J connectivity index is 3.02. The number of nitrogens with zero attached hydrogens (tertiary/aromatic N) is 1. The van der Waals surface area contributed by atoms with Crippen LogP contribution in [0.1, 0.15) is 15.9 Å². The molecule has 0 saturated carbocycles. The average Bonchev–Trinajstić information content (AvgIpc) is 2.25. The maximum Gasteiger partial charge on any atom is 0.337 e. The molecule has 0 saturated heterocycles. The van der Waals surface area contributed by atoms with Crippen LogP contribution in [0.25, 0.3) is 0 Å². The van der Waals surface area contributed by atoms with Gasteiger partial charge in [-0.25, -0.2) is 4.79 Å². The van der Waals surface area contributed by atoms with E-state index in [0.717, 1.165) is 0 Å².